The molecule has 0 saturated carbocycles. The van der Waals surface area contributed by atoms with Crippen LogP contribution in [0, 0.1) is 5.82 Å². The van der Waals surface area contributed by atoms with Crippen LogP contribution in [0.4, 0.5) is 4.39 Å². The van der Waals surface area contributed by atoms with Gasteiger partial charge in [-0.2, -0.15) is 5.10 Å². The molecule has 0 atom stereocenters. The lowest BCUT2D eigenvalue weighted by Crippen LogP contribution is -2.36. The molecule has 3 rings (SSSR count). The second-order valence-electron chi connectivity index (χ2n) is 6.45. The fourth-order valence-electron chi connectivity index (χ4n) is 2.96. The van der Waals surface area contributed by atoms with E-state index in [0.717, 1.165) is 11.1 Å². The van der Waals surface area contributed by atoms with Crippen LogP contribution in [0.2, 0.25) is 0 Å². The average molecular weight is 523 g/mol. The average Bonchev–Trinajstić information content (AvgIpc) is 3.24. The van der Waals surface area contributed by atoms with Crippen molar-refractivity contribution in [1.29, 1.82) is 0 Å². The first-order valence-corrected chi connectivity index (χ1v) is 9.59. The molecule has 6 nitrogen and oxygen atoms in total. The van der Waals surface area contributed by atoms with Gasteiger partial charge in [0.15, 0.2) is 17.5 Å². The Morgan fingerprint density at radius 3 is 2.53 bits per heavy atom. The van der Waals surface area contributed by atoms with Gasteiger partial charge in [0.2, 0.25) is 0 Å². The van der Waals surface area contributed by atoms with Gasteiger partial charge in [0.05, 0.1) is 13.2 Å². The third kappa shape index (κ3) is 6.72. The van der Waals surface area contributed by atoms with Crippen LogP contribution < -0.4 is 15.4 Å². The number of rotatable bonds is 8. The second-order valence-corrected chi connectivity index (χ2v) is 6.45. The molecule has 0 spiro atoms. The van der Waals surface area contributed by atoms with Crippen molar-refractivity contribution in [3.63, 3.8) is 0 Å². The molecule has 8 heteroatoms. The van der Waals surface area contributed by atoms with Crippen molar-refractivity contribution in [2.45, 2.75) is 26.6 Å². The lowest BCUT2D eigenvalue weighted by molar-refractivity contribution is 0.321. The van der Waals surface area contributed by atoms with Gasteiger partial charge in [0.25, 0.3) is 0 Å². The second kappa shape index (κ2) is 12.2. The maximum absolute atomic E-state index is 14.0. The Morgan fingerprint density at radius 2 is 1.87 bits per heavy atom. The number of hydrogen-bond acceptors (Lipinski definition) is 3. The van der Waals surface area contributed by atoms with Crippen molar-refractivity contribution in [3.05, 3.63) is 83.4 Å². The highest BCUT2D eigenvalue weighted by Gasteiger charge is 2.07. The Balaban J connectivity index is 0.00000320. The summed E-state index contributed by atoms with van der Waals surface area (Å²) in [4.78, 5) is 4.25. The minimum atomic E-state index is -0.360. The summed E-state index contributed by atoms with van der Waals surface area (Å²) in [7, 11) is 1.71. The standard InChI is InChI=1S/C22H26FN5O.HI/c1-3-29-21-10-9-17(13-20(21)23)14-25-22(24-2)26-15-18-7-4-5-8-19(18)16-28-12-6-11-27-28;/h4-13H,3,14-16H2,1-2H3,(H2,24,25,26);1H. The zero-order chi connectivity index (χ0) is 20.5. The van der Waals surface area contributed by atoms with E-state index in [1.807, 2.05) is 42.1 Å². The topological polar surface area (TPSA) is 63.5 Å². The van der Waals surface area contributed by atoms with E-state index in [4.69, 9.17) is 4.74 Å². The lowest BCUT2D eigenvalue weighted by Gasteiger charge is -2.15. The minimum absolute atomic E-state index is 0. The third-order valence-electron chi connectivity index (χ3n) is 4.44. The number of nitrogens with one attached hydrogen (secondary N) is 2. The van der Waals surface area contributed by atoms with Crippen LogP contribution in [-0.4, -0.2) is 29.4 Å². The molecule has 0 saturated heterocycles. The quantitative estimate of drug-likeness (QED) is 0.267. The highest BCUT2D eigenvalue weighted by Crippen LogP contribution is 2.18. The highest BCUT2D eigenvalue weighted by molar-refractivity contribution is 14.0. The predicted octanol–water partition coefficient (Wildman–Crippen LogP) is 3.95. The van der Waals surface area contributed by atoms with Gasteiger partial charge in [-0.25, -0.2) is 4.39 Å². The molecule has 0 aliphatic heterocycles. The normalized spacial score (nSPS) is 11.0. The maximum Gasteiger partial charge on any atom is 0.191 e. The fraction of sp³-hybridized carbons (Fsp3) is 0.273. The van der Waals surface area contributed by atoms with Crippen molar-refractivity contribution in [3.8, 4) is 5.75 Å². The van der Waals surface area contributed by atoms with Crippen molar-refractivity contribution in [2.75, 3.05) is 13.7 Å². The molecule has 2 N–H and O–H groups in total. The maximum atomic E-state index is 14.0. The van der Waals surface area contributed by atoms with Crippen LogP contribution in [0.5, 0.6) is 5.75 Å². The summed E-state index contributed by atoms with van der Waals surface area (Å²) in [6.45, 7) is 4.06. The molecular weight excluding hydrogens is 496 g/mol. The summed E-state index contributed by atoms with van der Waals surface area (Å²) in [5, 5.41) is 10.8. The van der Waals surface area contributed by atoms with Crippen molar-refractivity contribution in [2.24, 2.45) is 4.99 Å². The molecule has 0 amide bonds. The molecular formula is C22H27FIN5O. The van der Waals surface area contributed by atoms with E-state index < -0.39 is 0 Å². The Bertz CT molecular complexity index is 946. The molecule has 0 bridgehead atoms. The van der Waals surface area contributed by atoms with E-state index in [0.29, 0.717) is 32.2 Å². The SMILES string of the molecule is CCOc1ccc(CNC(=NC)NCc2ccccc2Cn2cccn2)cc1F.I. The van der Waals surface area contributed by atoms with E-state index in [2.05, 4.69) is 32.9 Å². The van der Waals surface area contributed by atoms with E-state index in [1.54, 1.807) is 19.3 Å². The summed E-state index contributed by atoms with van der Waals surface area (Å²) in [5.41, 5.74) is 3.17. The Kier molecular flexibility index (Phi) is 9.59. The first-order chi connectivity index (χ1) is 14.2. The number of aromatic nitrogens is 2. The molecule has 1 heterocycles. The van der Waals surface area contributed by atoms with E-state index in [9.17, 15) is 4.39 Å². The van der Waals surface area contributed by atoms with Gasteiger partial charge >= 0.3 is 0 Å². The zero-order valence-corrected chi connectivity index (χ0v) is 19.5. The Morgan fingerprint density at radius 1 is 1.10 bits per heavy atom. The van der Waals surface area contributed by atoms with E-state index in [1.165, 1.54) is 11.6 Å². The summed E-state index contributed by atoms with van der Waals surface area (Å²) in [5.74, 6) is 0.558. The van der Waals surface area contributed by atoms with Crippen molar-refractivity contribution in [1.82, 2.24) is 20.4 Å². The molecule has 30 heavy (non-hydrogen) atoms. The predicted molar refractivity (Wildman–Crippen MR) is 128 cm³/mol. The Labute approximate surface area is 193 Å². The van der Waals surface area contributed by atoms with Crippen LogP contribution in [0.3, 0.4) is 0 Å². The largest absolute Gasteiger partial charge is 0.491 e. The van der Waals surface area contributed by atoms with Crippen LogP contribution in [0.25, 0.3) is 0 Å². The van der Waals surface area contributed by atoms with Gasteiger partial charge in [-0.15, -0.1) is 24.0 Å². The summed E-state index contributed by atoms with van der Waals surface area (Å²) >= 11 is 0. The van der Waals surface area contributed by atoms with Crippen molar-refractivity contribution < 1.29 is 9.13 Å². The van der Waals surface area contributed by atoms with Crippen LogP contribution in [0.1, 0.15) is 23.6 Å². The van der Waals surface area contributed by atoms with Gasteiger partial charge in [-0.1, -0.05) is 30.3 Å². The van der Waals surface area contributed by atoms with Gasteiger partial charge in [-0.05, 0) is 41.8 Å². The molecule has 0 unspecified atom stereocenters. The molecule has 0 aliphatic rings. The minimum Gasteiger partial charge on any atom is -0.491 e. The van der Waals surface area contributed by atoms with Crippen molar-refractivity contribution >= 4 is 29.9 Å². The Hall–Kier alpha value is -2.62. The van der Waals surface area contributed by atoms with Crippen LogP contribution >= 0.6 is 24.0 Å². The highest BCUT2D eigenvalue weighted by atomic mass is 127. The lowest BCUT2D eigenvalue weighted by atomic mass is 10.1. The molecule has 0 aliphatic carbocycles. The third-order valence-corrected chi connectivity index (χ3v) is 4.44. The number of guanidine groups is 1. The summed E-state index contributed by atoms with van der Waals surface area (Å²) in [6.07, 6.45) is 3.72. The van der Waals surface area contributed by atoms with Crippen LogP contribution in [-0.2, 0) is 19.6 Å². The number of hydrogen-bond donors (Lipinski definition) is 2. The molecule has 1 aromatic heterocycles. The van der Waals surface area contributed by atoms with E-state index >= 15 is 0 Å². The monoisotopic (exact) mass is 523 g/mol. The fourth-order valence-corrected chi connectivity index (χ4v) is 2.96. The smallest absolute Gasteiger partial charge is 0.191 e. The summed E-state index contributed by atoms with van der Waals surface area (Å²) in [6, 6.07) is 15.1. The first kappa shape index (κ1) is 23.7. The number of ether oxygens (including phenoxy) is 1. The van der Waals surface area contributed by atoms with E-state index in [-0.39, 0.29) is 35.5 Å². The zero-order valence-electron chi connectivity index (χ0n) is 17.1. The molecule has 0 radical (unpaired) electrons. The number of halogens is 2. The number of benzene rings is 2. The van der Waals surface area contributed by atoms with Gasteiger partial charge in [0.1, 0.15) is 0 Å². The first-order valence-electron chi connectivity index (χ1n) is 9.59. The molecule has 160 valence electrons. The van der Waals surface area contributed by atoms with Crippen LogP contribution in [0.15, 0.2) is 65.9 Å². The van der Waals surface area contributed by atoms with Gasteiger partial charge in [-0.3, -0.25) is 9.67 Å². The number of aliphatic imine (C=N–C) groups is 1. The molecule has 3 aromatic rings. The molecule has 0 fully saturated rings. The number of nitrogens with zero attached hydrogens (tertiary/aromatic N) is 3. The summed E-state index contributed by atoms with van der Waals surface area (Å²) < 4.78 is 21.1. The molecule has 2 aromatic carbocycles. The van der Waals surface area contributed by atoms with Gasteiger partial charge < -0.3 is 15.4 Å². The van der Waals surface area contributed by atoms with Gasteiger partial charge in [0, 0.05) is 32.5 Å².